The van der Waals surface area contributed by atoms with Crippen molar-refractivity contribution >= 4 is 11.3 Å². The third kappa shape index (κ3) is 4.10. The van der Waals surface area contributed by atoms with Crippen molar-refractivity contribution in [1.82, 2.24) is 19.9 Å². The quantitative estimate of drug-likeness (QED) is 0.649. The van der Waals surface area contributed by atoms with E-state index >= 15 is 0 Å². The van der Waals surface area contributed by atoms with Crippen molar-refractivity contribution in [3.8, 4) is 22.9 Å². The van der Waals surface area contributed by atoms with Gasteiger partial charge in [0.05, 0.1) is 30.1 Å². The smallest absolute Gasteiger partial charge is 0.138 e. The van der Waals surface area contributed by atoms with E-state index in [0.29, 0.717) is 18.1 Å². The molecule has 7 heteroatoms. The van der Waals surface area contributed by atoms with Crippen LogP contribution in [0, 0.1) is 17.2 Å². The van der Waals surface area contributed by atoms with Crippen LogP contribution in [-0.2, 0) is 0 Å². The summed E-state index contributed by atoms with van der Waals surface area (Å²) in [6.07, 6.45) is 7.51. The highest BCUT2D eigenvalue weighted by Gasteiger charge is 2.16. The van der Waals surface area contributed by atoms with E-state index < -0.39 is 0 Å². The minimum atomic E-state index is 0.524. The van der Waals surface area contributed by atoms with Crippen molar-refractivity contribution < 1.29 is 4.74 Å². The highest BCUT2D eigenvalue weighted by Crippen LogP contribution is 2.31. The summed E-state index contributed by atoms with van der Waals surface area (Å²) in [5.74, 6) is 2.26. The normalized spacial score (nSPS) is 14.3. The standard InChI is InChI=1S/C23H28N6O/c1-3-17(4-2)16-30-20-11-21(23-19(12-24)14-27-29(23)15-20)18-5-6-22(26-13-18)28-9-7-25-8-10-28/h5-6,11,13-15,17,25H,3-4,7-10,16H2,1-2H3. The molecular weight excluding hydrogens is 376 g/mol. The molecule has 4 heterocycles. The van der Waals surface area contributed by atoms with Crippen LogP contribution in [0.1, 0.15) is 32.3 Å². The molecule has 1 aliphatic heterocycles. The van der Waals surface area contributed by atoms with Gasteiger partial charge in [0.15, 0.2) is 0 Å². The zero-order chi connectivity index (χ0) is 20.9. The molecule has 0 radical (unpaired) electrons. The first-order valence-corrected chi connectivity index (χ1v) is 10.7. The maximum atomic E-state index is 9.56. The highest BCUT2D eigenvalue weighted by molar-refractivity contribution is 5.85. The number of ether oxygens (including phenoxy) is 1. The number of piperazine rings is 1. The first kappa shape index (κ1) is 20.2. The summed E-state index contributed by atoms with van der Waals surface area (Å²) in [7, 11) is 0. The Kier molecular flexibility index (Phi) is 6.15. The van der Waals surface area contributed by atoms with Gasteiger partial charge in [-0.05, 0) is 24.1 Å². The Hall–Kier alpha value is -3.11. The molecule has 1 saturated heterocycles. The Morgan fingerprint density at radius 1 is 1.20 bits per heavy atom. The lowest BCUT2D eigenvalue weighted by Gasteiger charge is -2.28. The summed E-state index contributed by atoms with van der Waals surface area (Å²) < 4.78 is 7.84. The number of nitrogens with one attached hydrogen (secondary N) is 1. The van der Waals surface area contributed by atoms with Gasteiger partial charge in [-0.25, -0.2) is 9.50 Å². The molecule has 0 saturated carbocycles. The van der Waals surface area contributed by atoms with Crippen molar-refractivity contribution in [3.63, 3.8) is 0 Å². The molecule has 3 aromatic rings. The number of anilines is 1. The number of rotatable bonds is 7. The van der Waals surface area contributed by atoms with E-state index in [1.807, 2.05) is 18.5 Å². The van der Waals surface area contributed by atoms with Crippen LogP contribution < -0.4 is 15.0 Å². The van der Waals surface area contributed by atoms with Gasteiger partial charge in [0, 0.05) is 43.5 Å². The van der Waals surface area contributed by atoms with E-state index in [2.05, 4.69) is 47.4 Å². The van der Waals surface area contributed by atoms with Gasteiger partial charge in [0.1, 0.15) is 17.6 Å². The molecule has 30 heavy (non-hydrogen) atoms. The Bertz CT molecular complexity index is 1030. The van der Waals surface area contributed by atoms with E-state index in [9.17, 15) is 5.26 Å². The Morgan fingerprint density at radius 3 is 2.67 bits per heavy atom. The fourth-order valence-corrected chi connectivity index (χ4v) is 3.84. The van der Waals surface area contributed by atoms with Crippen LogP contribution in [-0.4, -0.2) is 47.4 Å². The molecule has 7 nitrogen and oxygen atoms in total. The minimum absolute atomic E-state index is 0.524. The molecular formula is C23H28N6O. The van der Waals surface area contributed by atoms with Gasteiger partial charge in [-0.1, -0.05) is 26.7 Å². The van der Waals surface area contributed by atoms with Crippen LogP contribution in [0.25, 0.3) is 16.6 Å². The van der Waals surface area contributed by atoms with Gasteiger partial charge in [-0.3, -0.25) is 0 Å². The second-order valence-electron chi connectivity index (χ2n) is 7.69. The fraction of sp³-hybridized carbons (Fsp3) is 0.435. The molecule has 0 spiro atoms. The van der Waals surface area contributed by atoms with Gasteiger partial charge in [0.2, 0.25) is 0 Å². The monoisotopic (exact) mass is 404 g/mol. The zero-order valence-electron chi connectivity index (χ0n) is 17.6. The summed E-state index contributed by atoms with van der Waals surface area (Å²) >= 11 is 0. The van der Waals surface area contributed by atoms with Crippen molar-refractivity contribution in [2.75, 3.05) is 37.7 Å². The molecule has 0 atom stereocenters. The molecule has 1 N–H and O–H groups in total. The highest BCUT2D eigenvalue weighted by atomic mass is 16.5. The second kappa shape index (κ2) is 9.14. The maximum Gasteiger partial charge on any atom is 0.138 e. The number of pyridine rings is 2. The molecule has 3 aromatic heterocycles. The molecule has 156 valence electrons. The molecule has 0 aromatic carbocycles. The number of nitrogens with zero attached hydrogens (tertiary/aromatic N) is 5. The van der Waals surface area contributed by atoms with E-state index in [1.165, 1.54) is 0 Å². The lowest BCUT2D eigenvalue weighted by Crippen LogP contribution is -2.43. The summed E-state index contributed by atoms with van der Waals surface area (Å²) in [6.45, 7) is 8.90. The van der Waals surface area contributed by atoms with Crippen LogP contribution in [0.15, 0.2) is 36.8 Å². The van der Waals surface area contributed by atoms with Crippen molar-refractivity contribution in [2.45, 2.75) is 26.7 Å². The Labute approximate surface area is 177 Å². The van der Waals surface area contributed by atoms with E-state index in [-0.39, 0.29) is 0 Å². The van der Waals surface area contributed by atoms with Gasteiger partial charge in [0.25, 0.3) is 0 Å². The molecule has 0 bridgehead atoms. The third-order valence-corrected chi connectivity index (χ3v) is 5.85. The number of nitriles is 1. The summed E-state index contributed by atoms with van der Waals surface area (Å²) in [6, 6.07) is 8.37. The minimum Gasteiger partial charge on any atom is -0.492 e. The largest absolute Gasteiger partial charge is 0.492 e. The first-order valence-electron chi connectivity index (χ1n) is 10.7. The number of fused-ring (bicyclic) bond motifs is 1. The molecule has 1 aliphatic rings. The molecule has 0 unspecified atom stereocenters. The molecule has 4 rings (SSSR count). The summed E-state index contributed by atoms with van der Waals surface area (Å²) in [4.78, 5) is 6.98. The summed E-state index contributed by atoms with van der Waals surface area (Å²) in [5.41, 5.74) is 3.18. The zero-order valence-corrected chi connectivity index (χ0v) is 17.6. The lowest BCUT2D eigenvalue weighted by molar-refractivity contribution is 0.239. The van der Waals surface area contributed by atoms with E-state index in [0.717, 1.165) is 67.2 Å². The van der Waals surface area contributed by atoms with Gasteiger partial charge in [-0.2, -0.15) is 10.4 Å². The van der Waals surface area contributed by atoms with Gasteiger partial charge >= 0.3 is 0 Å². The number of hydrogen-bond acceptors (Lipinski definition) is 6. The fourth-order valence-electron chi connectivity index (χ4n) is 3.84. The molecule has 0 aliphatic carbocycles. The van der Waals surface area contributed by atoms with E-state index in [1.54, 1.807) is 10.7 Å². The van der Waals surface area contributed by atoms with Crippen molar-refractivity contribution in [1.29, 1.82) is 5.26 Å². The van der Waals surface area contributed by atoms with Gasteiger partial charge < -0.3 is 15.0 Å². The predicted octanol–water partition coefficient (Wildman–Crippen LogP) is 3.49. The summed E-state index contributed by atoms with van der Waals surface area (Å²) in [5, 5.41) is 17.3. The third-order valence-electron chi connectivity index (χ3n) is 5.85. The topological polar surface area (TPSA) is 78.5 Å². The second-order valence-corrected chi connectivity index (χ2v) is 7.69. The number of hydrogen-bond donors (Lipinski definition) is 1. The van der Waals surface area contributed by atoms with Crippen LogP contribution in [0.4, 0.5) is 5.82 Å². The van der Waals surface area contributed by atoms with Crippen LogP contribution in [0.3, 0.4) is 0 Å². The van der Waals surface area contributed by atoms with Crippen molar-refractivity contribution in [2.24, 2.45) is 5.92 Å². The Morgan fingerprint density at radius 2 is 2.00 bits per heavy atom. The SMILES string of the molecule is CCC(CC)COc1cc(-c2ccc(N3CCNCC3)nc2)c2c(C#N)cnn2c1. The van der Waals surface area contributed by atoms with Crippen LogP contribution >= 0.6 is 0 Å². The molecule has 0 amide bonds. The van der Waals surface area contributed by atoms with Crippen LogP contribution in [0.2, 0.25) is 0 Å². The average Bonchev–Trinajstić information content (AvgIpc) is 3.23. The molecule has 1 fully saturated rings. The maximum absolute atomic E-state index is 9.56. The average molecular weight is 405 g/mol. The van der Waals surface area contributed by atoms with Crippen molar-refractivity contribution in [3.05, 3.63) is 42.4 Å². The van der Waals surface area contributed by atoms with Gasteiger partial charge in [-0.15, -0.1) is 0 Å². The Balaban J connectivity index is 1.69. The lowest BCUT2D eigenvalue weighted by atomic mass is 10.0. The van der Waals surface area contributed by atoms with E-state index in [4.69, 9.17) is 9.72 Å². The predicted molar refractivity (Wildman–Crippen MR) is 118 cm³/mol. The number of aromatic nitrogens is 3. The first-order chi connectivity index (χ1) is 14.7. The van der Waals surface area contributed by atoms with Crippen LogP contribution in [0.5, 0.6) is 5.75 Å².